The zero-order valence-corrected chi connectivity index (χ0v) is 20.3. The van der Waals surface area contributed by atoms with Crippen LogP contribution < -0.4 is 5.32 Å². The van der Waals surface area contributed by atoms with Gasteiger partial charge in [-0.1, -0.05) is 19.3 Å². The number of carboxylic acids is 1. The second kappa shape index (κ2) is 9.93. The Morgan fingerprint density at radius 1 is 1.14 bits per heavy atom. The Hall–Kier alpha value is -3.19. The molecule has 2 heterocycles. The van der Waals surface area contributed by atoms with Gasteiger partial charge in [-0.15, -0.1) is 11.3 Å². The minimum atomic E-state index is -4.71. The van der Waals surface area contributed by atoms with Crippen LogP contribution in [0.15, 0.2) is 36.7 Å². The molecule has 4 rings (SSSR count). The zero-order valence-electron chi connectivity index (χ0n) is 19.5. The van der Waals surface area contributed by atoms with Crippen LogP contribution in [0.4, 0.5) is 33.6 Å². The normalized spacial score (nSPS) is 17.4. The van der Waals surface area contributed by atoms with Crippen LogP contribution in [0.25, 0.3) is 10.4 Å². The number of rotatable bonds is 7. The van der Waals surface area contributed by atoms with Crippen molar-refractivity contribution in [3.63, 3.8) is 0 Å². The van der Waals surface area contributed by atoms with Crippen LogP contribution in [0, 0.1) is 5.41 Å². The summed E-state index contributed by atoms with van der Waals surface area (Å²) in [7, 11) is 0. The van der Waals surface area contributed by atoms with E-state index in [0.29, 0.717) is 23.8 Å². The molecule has 3 aromatic rings. The molecular weight excluding hydrogens is 519 g/mol. The molecule has 7 nitrogen and oxygen atoms in total. The quantitative estimate of drug-likeness (QED) is 0.291. The van der Waals surface area contributed by atoms with Gasteiger partial charge >= 0.3 is 12.1 Å². The molecule has 1 aromatic carbocycles. The second-order valence-electron chi connectivity index (χ2n) is 9.08. The molecule has 0 aliphatic heterocycles. The molecule has 198 valence electrons. The summed E-state index contributed by atoms with van der Waals surface area (Å²) in [5.41, 5.74) is -4.58. The maximum Gasteiger partial charge on any atom is 0.433 e. The summed E-state index contributed by atoms with van der Waals surface area (Å²) in [6.07, 6.45) is -2.66. The second-order valence-corrected chi connectivity index (χ2v) is 10.1. The van der Waals surface area contributed by atoms with Crippen molar-refractivity contribution in [3.8, 4) is 10.4 Å². The number of nitrogens with one attached hydrogen (secondary N) is 1. The van der Waals surface area contributed by atoms with E-state index in [-0.39, 0.29) is 29.1 Å². The van der Waals surface area contributed by atoms with Gasteiger partial charge in [-0.3, -0.25) is 4.79 Å². The lowest BCUT2D eigenvalue weighted by Crippen LogP contribution is -2.50. The van der Waals surface area contributed by atoms with E-state index in [9.17, 15) is 37.0 Å². The van der Waals surface area contributed by atoms with Gasteiger partial charge in [0.05, 0.1) is 4.88 Å². The van der Waals surface area contributed by atoms with E-state index < -0.39 is 46.8 Å². The summed E-state index contributed by atoms with van der Waals surface area (Å²) in [5, 5.41) is 24.1. The number of carbonyl (C=O) groups is 1. The van der Waals surface area contributed by atoms with Gasteiger partial charge in [0.15, 0.2) is 0 Å². The van der Waals surface area contributed by atoms with Gasteiger partial charge in [-0.05, 0) is 49.6 Å². The summed E-state index contributed by atoms with van der Waals surface area (Å²) < 4.78 is 66.3. The van der Waals surface area contributed by atoms with Gasteiger partial charge in [-0.25, -0.2) is 23.7 Å². The molecule has 2 aromatic heterocycles. The Morgan fingerprint density at radius 2 is 1.84 bits per heavy atom. The van der Waals surface area contributed by atoms with Crippen LogP contribution in [0.5, 0.6) is 0 Å². The van der Waals surface area contributed by atoms with Crippen molar-refractivity contribution in [2.45, 2.75) is 57.2 Å². The molecule has 1 aliphatic rings. The fourth-order valence-corrected chi connectivity index (χ4v) is 5.65. The minimum Gasteiger partial charge on any atom is -0.481 e. The predicted octanol–water partition coefficient (Wildman–Crippen LogP) is 6.54. The minimum absolute atomic E-state index is 0.0168. The number of hydrogen-bond acceptors (Lipinski definition) is 7. The third kappa shape index (κ3) is 5.28. The maximum atomic E-state index is 13.7. The molecule has 0 spiro atoms. The van der Waals surface area contributed by atoms with E-state index in [4.69, 9.17) is 0 Å². The van der Waals surface area contributed by atoms with Gasteiger partial charge in [0, 0.05) is 23.6 Å². The highest BCUT2D eigenvalue weighted by Gasteiger charge is 2.55. The lowest BCUT2D eigenvalue weighted by atomic mass is 9.64. The number of anilines is 2. The highest BCUT2D eigenvalue weighted by Crippen LogP contribution is 2.51. The maximum absolute atomic E-state index is 13.7. The van der Waals surface area contributed by atoms with Crippen LogP contribution >= 0.6 is 11.3 Å². The van der Waals surface area contributed by atoms with Crippen LogP contribution in [0.3, 0.4) is 0 Å². The average Bonchev–Trinajstić information content (AvgIpc) is 3.35. The molecule has 0 bridgehead atoms. The van der Waals surface area contributed by atoms with Crippen molar-refractivity contribution in [2.75, 3.05) is 5.32 Å². The molecule has 37 heavy (non-hydrogen) atoms. The molecule has 0 amide bonds. The van der Waals surface area contributed by atoms with Crippen LogP contribution in [0.2, 0.25) is 0 Å². The van der Waals surface area contributed by atoms with Gasteiger partial charge < -0.3 is 15.5 Å². The summed E-state index contributed by atoms with van der Waals surface area (Å²) in [6.45, 7) is 1.41. The van der Waals surface area contributed by atoms with E-state index in [1.165, 1.54) is 25.3 Å². The fraction of sp³-hybridized carbons (Fsp3) is 0.417. The van der Waals surface area contributed by atoms with Gasteiger partial charge in [0.2, 0.25) is 5.95 Å². The molecule has 13 heteroatoms. The largest absolute Gasteiger partial charge is 0.481 e. The molecule has 1 atom stereocenters. The van der Waals surface area contributed by atoms with Gasteiger partial charge in [-0.2, -0.15) is 13.2 Å². The van der Waals surface area contributed by atoms with Crippen molar-refractivity contribution in [1.82, 2.24) is 15.0 Å². The number of alkyl halides is 5. The Kier molecular flexibility index (Phi) is 7.21. The number of aliphatic carboxylic acids is 1. The Balaban J connectivity index is 1.70. The number of aromatic nitrogens is 3. The topological polar surface area (TPSA) is 108 Å². The first-order valence-electron chi connectivity index (χ1n) is 11.4. The number of nitrogens with zero attached hydrogens (tertiary/aromatic N) is 3. The molecule has 0 radical (unpaired) electrons. The Labute approximate surface area is 212 Å². The summed E-state index contributed by atoms with van der Waals surface area (Å²) in [4.78, 5) is 24.0. The summed E-state index contributed by atoms with van der Waals surface area (Å²) in [5.74, 6) is -1.55. The molecule has 1 saturated carbocycles. The van der Waals surface area contributed by atoms with E-state index in [1.54, 1.807) is 0 Å². The highest BCUT2D eigenvalue weighted by atomic mass is 32.1. The van der Waals surface area contributed by atoms with Crippen molar-refractivity contribution in [2.24, 2.45) is 5.41 Å². The SMILES string of the molecule is C[C@@](O)(c1ncc(-c2cc(Nc3nccc(C(F)(F)F)n3)cc(C(F)F)c2)s1)C1(C(=O)O)CCCCC1. The number of benzene rings is 1. The standard InChI is InChI=1S/C24H23F5N4O3S/c1-22(36,23(20(34)35)6-3-2-4-7-23)19-31-12-16(37-19)13-9-14(18(25)26)11-15(10-13)32-21-30-8-5-17(33-21)24(27,28)29/h5,8-12,18,36H,2-4,6-7H2,1H3,(H,34,35)(H,30,32,33)/t22-/m1/s1. The molecule has 3 N–H and O–H groups in total. The highest BCUT2D eigenvalue weighted by molar-refractivity contribution is 7.15. The van der Waals surface area contributed by atoms with E-state index in [0.717, 1.165) is 30.0 Å². The summed E-state index contributed by atoms with van der Waals surface area (Å²) in [6, 6.07) is 4.36. The monoisotopic (exact) mass is 542 g/mol. The molecule has 1 fully saturated rings. The zero-order chi connectivity index (χ0) is 27.0. The van der Waals surface area contributed by atoms with Crippen LogP contribution in [-0.2, 0) is 16.6 Å². The number of aliphatic hydroxyl groups is 1. The third-order valence-corrected chi connectivity index (χ3v) is 7.92. The van der Waals surface area contributed by atoms with Crippen molar-refractivity contribution in [1.29, 1.82) is 0 Å². The third-order valence-electron chi connectivity index (χ3n) is 6.66. The lowest BCUT2D eigenvalue weighted by molar-refractivity contribution is -0.174. The molecule has 1 aliphatic carbocycles. The first-order valence-corrected chi connectivity index (χ1v) is 12.2. The van der Waals surface area contributed by atoms with Crippen LogP contribution in [0.1, 0.15) is 61.7 Å². The summed E-state index contributed by atoms with van der Waals surface area (Å²) >= 11 is 0.967. The van der Waals surface area contributed by atoms with E-state index in [1.807, 2.05) is 0 Å². The first kappa shape index (κ1) is 26.9. The van der Waals surface area contributed by atoms with E-state index >= 15 is 0 Å². The fourth-order valence-electron chi connectivity index (χ4n) is 4.60. The van der Waals surface area contributed by atoms with Gasteiger partial charge in [0.25, 0.3) is 6.43 Å². The lowest BCUT2D eigenvalue weighted by Gasteiger charge is -2.43. The van der Waals surface area contributed by atoms with Crippen molar-refractivity contribution in [3.05, 3.63) is 52.9 Å². The number of carboxylic acid groups (broad SMARTS) is 1. The first-order chi connectivity index (χ1) is 17.3. The van der Waals surface area contributed by atoms with Crippen molar-refractivity contribution >= 4 is 28.9 Å². The van der Waals surface area contributed by atoms with E-state index in [2.05, 4.69) is 20.3 Å². The number of thiazole rings is 1. The predicted molar refractivity (Wildman–Crippen MR) is 126 cm³/mol. The van der Waals surface area contributed by atoms with Gasteiger partial charge in [0.1, 0.15) is 21.7 Å². The number of halogens is 5. The van der Waals surface area contributed by atoms with Crippen LogP contribution in [-0.4, -0.2) is 31.1 Å². The smallest absolute Gasteiger partial charge is 0.433 e. The Bertz CT molecular complexity index is 1290. The Morgan fingerprint density at radius 3 is 2.46 bits per heavy atom. The van der Waals surface area contributed by atoms with Crippen molar-refractivity contribution < 1.29 is 37.0 Å². The molecule has 0 unspecified atom stereocenters. The average molecular weight is 543 g/mol. The number of hydrogen-bond donors (Lipinski definition) is 3. The molecular formula is C24H23F5N4O3S. The molecule has 0 saturated heterocycles.